The maximum absolute atomic E-state index is 13.4. The van der Waals surface area contributed by atoms with E-state index in [1.807, 2.05) is 24.3 Å². The zero-order valence-corrected chi connectivity index (χ0v) is 21.1. The molecule has 0 radical (unpaired) electrons. The number of hydrogen-bond donors (Lipinski definition) is 0. The number of ether oxygens (including phenoxy) is 1. The SMILES string of the molecule is COc1ccc(CCN2CCN(CC(=O)N3N=C(c4ccc(C)cc4)CC3c3ccco3)CC2)cc1. The number of methoxy groups -OCH3 is 1. The van der Waals surface area contributed by atoms with Crippen LogP contribution < -0.4 is 4.74 Å². The summed E-state index contributed by atoms with van der Waals surface area (Å²) in [4.78, 5) is 18.1. The molecular weight excluding hydrogens is 452 g/mol. The quantitative estimate of drug-likeness (QED) is 0.479. The van der Waals surface area contributed by atoms with Crippen LogP contribution in [0.3, 0.4) is 0 Å². The third-order valence-corrected chi connectivity index (χ3v) is 7.12. The first-order valence-corrected chi connectivity index (χ1v) is 12.7. The molecule has 1 fully saturated rings. The zero-order valence-electron chi connectivity index (χ0n) is 21.1. The molecule has 3 aromatic rings. The lowest BCUT2D eigenvalue weighted by molar-refractivity contribution is -0.135. The van der Waals surface area contributed by atoms with Gasteiger partial charge in [-0.2, -0.15) is 5.10 Å². The first kappa shape index (κ1) is 24.3. The number of rotatable bonds is 8. The van der Waals surface area contributed by atoms with E-state index < -0.39 is 0 Å². The van der Waals surface area contributed by atoms with Gasteiger partial charge in [-0.1, -0.05) is 42.0 Å². The summed E-state index contributed by atoms with van der Waals surface area (Å²) in [7, 11) is 1.69. The lowest BCUT2D eigenvalue weighted by atomic mass is 10.0. The Kier molecular flexibility index (Phi) is 7.49. The lowest BCUT2D eigenvalue weighted by Crippen LogP contribution is -2.49. The Morgan fingerprint density at radius 3 is 2.39 bits per heavy atom. The topological polar surface area (TPSA) is 61.5 Å². The molecule has 2 aliphatic heterocycles. The third-order valence-electron chi connectivity index (χ3n) is 7.12. The summed E-state index contributed by atoms with van der Waals surface area (Å²) in [6.07, 6.45) is 3.33. The van der Waals surface area contributed by atoms with E-state index in [4.69, 9.17) is 14.3 Å². The van der Waals surface area contributed by atoms with Crippen molar-refractivity contribution in [2.45, 2.75) is 25.8 Å². The number of hydrazone groups is 1. The van der Waals surface area contributed by atoms with Gasteiger partial charge in [-0.3, -0.25) is 9.69 Å². The monoisotopic (exact) mass is 486 g/mol. The fraction of sp³-hybridized carbons (Fsp3) is 0.379. The van der Waals surface area contributed by atoms with Gasteiger partial charge in [0.2, 0.25) is 0 Å². The van der Waals surface area contributed by atoms with E-state index in [9.17, 15) is 4.79 Å². The minimum absolute atomic E-state index is 0.0187. The van der Waals surface area contributed by atoms with Crippen molar-refractivity contribution < 1.29 is 13.9 Å². The second-order valence-electron chi connectivity index (χ2n) is 9.60. The molecule has 0 N–H and O–H groups in total. The number of hydrogen-bond acceptors (Lipinski definition) is 6. The molecule has 0 bridgehead atoms. The van der Waals surface area contributed by atoms with E-state index in [1.54, 1.807) is 18.4 Å². The third kappa shape index (κ3) is 5.69. The number of carbonyl (C=O) groups excluding carboxylic acids is 1. The largest absolute Gasteiger partial charge is 0.497 e. The summed E-state index contributed by atoms with van der Waals surface area (Å²) >= 11 is 0. The Balaban J connectivity index is 1.17. The van der Waals surface area contributed by atoms with Crippen molar-refractivity contribution in [2.75, 3.05) is 46.4 Å². The number of amides is 1. The van der Waals surface area contributed by atoms with E-state index in [-0.39, 0.29) is 11.9 Å². The summed E-state index contributed by atoms with van der Waals surface area (Å²) < 4.78 is 10.9. The highest BCUT2D eigenvalue weighted by Gasteiger charge is 2.35. The van der Waals surface area contributed by atoms with E-state index in [0.717, 1.165) is 61.9 Å². The van der Waals surface area contributed by atoms with E-state index >= 15 is 0 Å². The van der Waals surface area contributed by atoms with Crippen LogP contribution in [0.5, 0.6) is 5.75 Å². The molecule has 1 saturated heterocycles. The second kappa shape index (κ2) is 11.1. The summed E-state index contributed by atoms with van der Waals surface area (Å²) in [5, 5.41) is 6.42. The van der Waals surface area contributed by atoms with Crippen LogP contribution in [0.4, 0.5) is 0 Å². The maximum Gasteiger partial charge on any atom is 0.257 e. The normalized spacial score (nSPS) is 18.9. The van der Waals surface area contributed by atoms with Gasteiger partial charge in [0.25, 0.3) is 5.91 Å². The van der Waals surface area contributed by atoms with Crippen molar-refractivity contribution in [2.24, 2.45) is 5.10 Å². The van der Waals surface area contributed by atoms with Gasteiger partial charge in [-0.05, 0) is 48.7 Å². The van der Waals surface area contributed by atoms with Gasteiger partial charge in [-0.15, -0.1) is 0 Å². The molecule has 7 heteroatoms. The van der Waals surface area contributed by atoms with Crippen molar-refractivity contribution in [3.8, 4) is 5.75 Å². The standard InChI is InChI=1S/C29H34N4O3/c1-22-5-9-24(10-6-22)26-20-27(28-4-3-19-36-28)33(30-26)29(34)21-32-17-15-31(16-18-32)14-13-23-7-11-25(35-2)12-8-23/h3-12,19,27H,13-18,20-21H2,1-2H3. The summed E-state index contributed by atoms with van der Waals surface area (Å²) in [5.74, 6) is 1.68. The molecule has 36 heavy (non-hydrogen) atoms. The van der Waals surface area contributed by atoms with Crippen LogP contribution >= 0.6 is 0 Å². The van der Waals surface area contributed by atoms with Gasteiger partial charge in [0.05, 0.1) is 25.6 Å². The Hall–Kier alpha value is -3.42. The highest BCUT2D eigenvalue weighted by atomic mass is 16.5. The lowest BCUT2D eigenvalue weighted by Gasteiger charge is -2.35. The molecule has 1 aromatic heterocycles. The van der Waals surface area contributed by atoms with Crippen LogP contribution in [-0.2, 0) is 11.2 Å². The Morgan fingerprint density at radius 2 is 1.72 bits per heavy atom. The van der Waals surface area contributed by atoms with Crippen LogP contribution in [-0.4, -0.2) is 72.8 Å². The molecule has 3 heterocycles. The fourth-order valence-corrected chi connectivity index (χ4v) is 4.88. The average molecular weight is 487 g/mol. The van der Waals surface area contributed by atoms with Gasteiger partial charge in [0.15, 0.2) is 0 Å². The second-order valence-corrected chi connectivity index (χ2v) is 9.60. The minimum Gasteiger partial charge on any atom is -0.497 e. The van der Waals surface area contributed by atoms with E-state index in [2.05, 4.69) is 53.1 Å². The van der Waals surface area contributed by atoms with Gasteiger partial charge < -0.3 is 14.1 Å². The molecule has 188 valence electrons. The smallest absolute Gasteiger partial charge is 0.257 e. The number of carbonyl (C=O) groups is 1. The Labute approximate surface area is 212 Å². The van der Waals surface area contributed by atoms with Gasteiger partial charge in [0, 0.05) is 39.1 Å². The minimum atomic E-state index is -0.199. The molecule has 2 aliphatic rings. The van der Waals surface area contributed by atoms with Gasteiger partial charge in [0.1, 0.15) is 17.6 Å². The molecule has 7 nitrogen and oxygen atoms in total. The summed E-state index contributed by atoms with van der Waals surface area (Å²) in [5.41, 5.74) is 4.50. The number of benzene rings is 2. The van der Waals surface area contributed by atoms with Crippen LogP contribution in [0.2, 0.25) is 0 Å². The number of nitrogens with zero attached hydrogens (tertiary/aromatic N) is 4. The van der Waals surface area contributed by atoms with Crippen LogP contribution in [0.15, 0.2) is 76.4 Å². The van der Waals surface area contributed by atoms with E-state index in [1.165, 1.54) is 11.1 Å². The molecule has 0 aliphatic carbocycles. The molecule has 2 aromatic carbocycles. The molecular formula is C29H34N4O3. The number of piperazine rings is 1. The highest BCUT2D eigenvalue weighted by molar-refractivity contribution is 6.03. The van der Waals surface area contributed by atoms with Crippen LogP contribution in [0.25, 0.3) is 0 Å². The predicted octanol–water partition coefficient (Wildman–Crippen LogP) is 4.13. The summed E-state index contributed by atoms with van der Waals surface area (Å²) in [6, 6.07) is 20.2. The van der Waals surface area contributed by atoms with Crippen LogP contribution in [0.1, 0.15) is 34.9 Å². The zero-order chi connectivity index (χ0) is 24.9. The van der Waals surface area contributed by atoms with Crippen molar-refractivity contribution in [1.29, 1.82) is 0 Å². The van der Waals surface area contributed by atoms with Crippen molar-refractivity contribution in [3.63, 3.8) is 0 Å². The Bertz CT molecular complexity index is 1160. The van der Waals surface area contributed by atoms with Crippen molar-refractivity contribution in [1.82, 2.24) is 14.8 Å². The fourth-order valence-electron chi connectivity index (χ4n) is 4.88. The molecule has 1 atom stereocenters. The molecule has 0 spiro atoms. The Morgan fingerprint density at radius 1 is 1.00 bits per heavy atom. The predicted molar refractivity (Wildman–Crippen MR) is 140 cm³/mol. The molecule has 5 rings (SSSR count). The maximum atomic E-state index is 13.4. The van der Waals surface area contributed by atoms with Crippen LogP contribution in [0, 0.1) is 6.92 Å². The summed E-state index contributed by atoms with van der Waals surface area (Å²) in [6.45, 7) is 7.13. The molecule has 1 unspecified atom stereocenters. The highest BCUT2D eigenvalue weighted by Crippen LogP contribution is 2.33. The molecule has 1 amide bonds. The van der Waals surface area contributed by atoms with E-state index in [0.29, 0.717) is 13.0 Å². The van der Waals surface area contributed by atoms with Crippen molar-refractivity contribution in [3.05, 3.63) is 89.4 Å². The van der Waals surface area contributed by atoms with Crippen molar-refractivity contribution >= 4 is 11.6 Å². The van der Waals surface area contributed by atoms with Gasteiger partial charge in [-0.25, -0.2) is 5.01 Å². The first-order valence-electron chi connectivity index (χ1n) is 12.7. The van der Waals surface area contributed by atoms with Gasteiger partial charge >= 0.3 is 0 Å². The number of aryl methyl sites for hydroxylation is 1. The average Bonchev–Trinajstić information content (AvgIpc) is 3.60. The molecule has 0 saturated carbocycles. The first-order chi connectivity index (χ1) is 17.6. The number of furan rings is 1.